The first kappa shape index (κ1) is 11.7. The van der Waals surface area contributed by atoms with Crippen LogP contribution in [0.5, 0.6) is 0 Å². The summed E-state index contributed by atoms with van der Waals surface area (Å²) >= 11 is 0. The van der Waals surface area contributed by atoms with E-state index in [1.807, 2.05) is 0 Å². The molecule has 4 heteroatoms. The van der Waals surface area contributed by atoms with Crippen molar-refractivity contribution in [2.45, 2.75) is 44.8 Å². The third-order valence-corrected chi connectivity index (χ3v) is 1.98. The lowest BCUT2D eigenvalue weighted by Crippen LogP contribution is -2.24. The van der Waals surface area contributed by atoms with Crippen LogP contribution < -0.4 is 5.73 Å². The second kappa shape index (κ2) is 5.38. The number of rotatable bonds is 3. The van der Waals surface area contributed by atoms with Gasteiger partial charge in [0.05, 0.1) is 0 Å². The van der Waals surface area contributed by atoms with E-state index in [0.717, 1.165) is 19.3 Å². The minimum absolute atomic E-state index is 0. The molecule has 2 atom stereocenters. The van der Waals surface area contributed by atoms with E-state index >= 15 is 0 Å². The van der Waals surface area contributed by atoms with Crippen molar-refractivity contribution in [3.05, 3.63) is 0 Å². The van der Waals surface area contributed by atoms with E-state index in [2.05, 4.69) is 6.92 Å². The van der Waals surface area contributed by atoms with Gasteiger partial charge in [-0.05, 0) is 6.42 Å². The molecule has 0 saturated carbocycles. The minimum Gasteiger partial charge on any atom is -0.461 e. The molecule has 0 aliphatic carbocycles. The smallest absolute Gasteiger partial charge is 0.323 e. The lowest BCUT2D eigenvalue weighted by Gasteiger charge is -2.05. The fourth-order valence-electron chi connectivity index (χ4n) is 1.29. The van der Waals surface area contributed by atoms with Gasteiger partial charge >= 0.3 is 5.97 Å². The maximum atomic E-state index is 10.8. The van der Waals surface area contributed by atoms with Gasteiger partial charge in [-0.25, -0.2) is 0 Å². The first-order chi connectivity index (χ1) is 5.24. The van der Waals surface area contributed by atoms with Gasteiger partial charge in [0.15, 0.2) is 0 Å². The fraction of sp³-hybridized carbons (Fsp3) is 0.875. The quantitative estimate of drug-likeness (QED) is 0.687. The lowest BCUT2D eigenvalue weighted by molar-refractivity contribution is -0.142. The van der Waals surface area contributed by atoms with Gasteiger partial charge in [0.25, 0.3) is 0 Å². The predicted octanol–water partition coefficient (Wildman–Crippen LogP) is 1.24. The first-order valence-corrected chi connectivity index (χ1v) is 4.20. The molecule has 0 aromatic heterocycles. The van der Waals surface area contributed by atoms with Gasteiger partial charge in [0, 0.05) is 6.42 Å². The average molecular weight is 194 g/mol. The third-order valence-electron chi connectivity index (χ3n) is 1.98. The number of nitrogens with two attached hydrogens (primary N) is 1. The highest BCUT2D eigenvalue weighted by atomic mass is 35.5. The van der Waals surface area contributed by atoms with Crippen molar-refractivity contribution in [3.63, 3.8) is 0 Å². The summed E-state index contributed by atoms with van der Waals surface area (Å²) in [6.07, 6.45) is 4.03. The Bertz CT molecular complexity index is 152. The van der Waals surface area contributed by atoms with Gasteiger partial charge in [0.1, 0.15) is 12.1 Å². The zero-order valence-corrected chi connectivity index (χ0v) is 8.10. The molecular weight excluding hydrogens is 178 g/mol. The Morgan fingerprint density at radius 1 is 1.67 bits per heavy atom. The van der Waals surface area contributed by atoms with Crippen molar-refractivity contribution in [1.29, 1.82) is 0 Å². The molecule has 1 heterocycles. The molecule has 0 radical (unpaired) electrons. The molecule has 0 spiro atoms. The molecule has 2 N–H and O–H groups in total. The molecule has 1 fully saturated rings. The van der Waals surface area contributed by atoms with Crippen LogP contribution in [0.4, 0.5) is 0 Å². The number of carbonyl (C=O) groups is 1. The molecule has 1 rings (SSSR count). The maximum absolute atomic E-state index is 10.8. The van der Waals surface area contributed by atoms with E-state index < -0.39 is 0 Å². The Labute approximate surface area is 79.1 Å². The Hall–Kier alpha value is -0.280. The molecule has 0 amide bonds. The number of carbonyl (C=O) groups excluding carboxylic acids is 1. The zero-order valence-electron chi connectivity index (χ0n) is 7.29. The normalized spacial score (nSPS) is 28.0. The van der Waals surface area contributed by atoms with E-state index in [1.165, 1.54) is 0 Å². The summed E-state index contributed by atoms with van der Waals surface area (Å²) in [5.41, 5.74) is 5.47. The van der Waals surface area contributed by atoms with Crippen molar-refractivity contribution in [2.75, 3.05) is 0 Å². The summed E-state index contributed by atoms with van der Waals surface area (Å²) in [6, 6.07) is -0.364. The van der Waals surface area contributed by atoms with E-state index in [-0.39, 0.29) is 30.5 Å². The highest BCUT2D eigenvalue weighted by Crippen LogP contribution is 2.17. The van der Waals surface area contributed by atoms with Crippen molar-refractivity contribution in [3.8, 4) is 0 Å². The molecule has 0 aromatic rings. The predicted molar refractivity (Wildman–Crippen MR) is 49.2 cm³/mol. The monoisotopic (exact) mass is 193 g/mol. The Balaban J connectivity index is 0.00000121. The average Bonchev–Trinajstić information content (AvgIpc) is 2.28. The highest BCUT2D eigenvalue weighted by Gasteiger charge is 2.30. The van der Waals surface area contributed by atoms with E-state index in [0.29, 0.717) is 6.42 Å². The Morgan fingerprint density at radius 2 is 2.33 bits per heavy atom. The van der Waals surface area contributed by atoms with E-state index in [9.17, 15) is 4.79 Å². The molecular formula is C8H16ClNO2. The van der Waals surface area contributed by atoms with Gasteiger partial charge in [-0.2, -0.15) is 0 Å². The van der Waals surface area contributed by atoms with Crippen LogP contribution >= 0.6 is 12.4 Å². The van der Waals surface area contributed by atoms with Crippen LogP contribution in [-0.2, 0) is 9.53 Å². The highest BCUT2D eigenvalue weighted by molar-refractivity contribution is 5.85. The van der Waals surface area contributed by atoms with Crippen LogP contribution in [-0.4, -0.2) is 18.1 Å². The summed E-state index contributed by atoms with van der Waals surface area (Å²) in [5, 5.41) is 0. The molecule has 1 aliphatic rings. The summed E-state index contributed by atoms with van der Waals surface area (Å²) in [5.74, 6) is -0.230. The number of hydrogen-bond donors (Lipinski definition) is 1. The van der Waals surface area contributed by atoms with Crippen LogP contribution in [0.15, 0.2) is 0 Å². The van der Waals surface area contributed by atoms with E-state index in [1.54, 1.807) is 0 Å². The van der Waals surface area contributed by atoms with Gasteiger partial charge in [-0.3, -0.25) is 4.79 Å². The molecule has 1 aliphatic heterocycles. The second-order valence-electron chi connectivity index (χ2n) is 3.04. The third kappa shape index (κ3) is 2.99. The van der Waals surface area contributed by atoms with Crippen LogP contribution in [0.25, 0.3) is 0 Å². The summed E-state index contributed by atoms with van der Waals surface area (Å²) < 4.78 is 5.01. The molecule has 0 aromatic carbocycles. The zero-order chi connectivity index (χ0) is 8.27. The van der Waals surface area contributed by atoms with Crippen LogP contribution in [0.1, 0.15) is 32.6 Å². The number of esters is 1. The summed E-state index contributed by atoms with van der Waals surface area (Å²) in [7, 11) is 0. The van der Waals surface area contributed by atoms with Crippen molar-refractivity contribution < 1.29 is 9.53 Å². The minimum atomic E-state index is -0.364. The molecule has 72 valence electrons. The lowest BCUT2D eigenvalue weighted by atomic mass is 10.1. The Kier molecular flexibility index (Phi) is 5.25. The molecule has 0 unspecified atom stereocenters. The fourth-order valence-corrected chi connectivity index (χ4v) is 1.29. The van der Waals surface area contributed by atoms with Gasteiger partial charge in [-0.15, -0.1) is 12.4 Å². The first-order valence-electron chi connectivity index (χ1n) is 4.20. The number of halogens is 1. The number of ether oxygens (including phenoxy) is 1. The van der Waals surface area contributed by atoms with Crippen molar-refractivity contribution in [2.24, 2.45) is 5.73 Å². The Morgan fingerprint density at radius 3 is 2.75 bits per heavy atom. The summed E-state index contributed by atoms with van der Waals surface area (Å²) in [4.78, 5) is 10.8. The van der Waals surface area contributed by atoms with Crippen LogP contribution in [0.2, 0.25) is 0 Å². The summed E-state index contributed by atoms with van der Waals surface area (Å²) in [6.45, 7) is 2.12. The standard InChI is InChI=1S/C8H15NO2.ClH/c1-2-3-4-6-5-7(9)8(10)11-6;/h6-7H,2-5,9H2,1H3;1H/t6-,7+;/m1./s1. The largest absolute Gasteiger partial charge is 0.461 e. The van der Waals surface area contributed by atoms with Gasteiger partial charge < -0.3 is 10.5 Å². The molecule has 12 heavy (non-hydrogen) atoms. The second-order valence-corrected chi connectivity index (χ2v) is 3.04. The van der Waals surface area contributed by atoms with Crippen LogP contribution in [0, 0.1) is 0 Å². The molecule has 0 bridgehead atoms. The number of hydrogen-bond acceptors (Lipinski definition) is 3. The van der Waals surface area contributed by atoms with E-state index in [4.69, 9.17) is 10.5 Å². The SMILES string of the molecule is CCCC[C@@H]1C[C@H](N)C(=O)O1.Cl. The van der Waals surface area contributed by atoms with Crippen LogP contribution in [0.3, 0.4) is 0 Å². The number of cyclic esters (lactones) is 1. The molecule has 3 nitrogen and oxygen atoms in total. The number of unbranched alkanes of at least 4 members (excludes halogenated alkanes) is 1. The van der Waals surface area contributed by atoms with Crippen molar-refractivity contribution in [1.82, 2.24) is 0 Å². The maximum Gasteiger partial charge on any atom is 0.323 e. The van der Waals surface area contributed by atoms with Gasteiger partial charge in [-0.1, -0.05) is 19.8 Å². The topological polar surface area (TPSA) is 52.3 Å². The molecule has 1 saturated heterocycles. The van der Waals surface area contributed by atoms with Gasteiger partial charge in [0.2, 0.25) is 0 Å². The van der Waals surface area contributed by atoms with Crippen molar-refractivity contribution >= 4 is 18.4 Å².